The van der Waals surface area contributed by atoms with Crippen LogP contribution in [0.2, 0.25) is 0 Å². The van der Waals surface area contributed by atoms with Crippen LogP contribution in [0.15, 0.2) is 36.5 Å². The number of hydrogen-bond acceptors (Lipinski definition) is 3. The number of nitrogens with zero attached hydrogens (tertiary/aromatic N) is 2. The summed E-state index contributed by atoms with van der Waals surface area (Å²) >= 11 is 0. The number of H-pyrrole nitrogens is 1. The maximum atomic E-state index is 12.9. The summed E-state index contributed by atoms with van der Waals surface area (Å²) in [6.07, 6.45) is -1.05. The van der Waals surface area contributed by atoms with Gasteiger partial charge in [0, 0.05) is 11.8 Å². The molecular formula is C18H15F3N4O. The maximum absolute atomic E-state index is 12.9. The molecule has 0 bridgehead atoms. The third-order valence-electron chi connectivity index (χ3n) is 5.05. The van der Waals surface area contributed by atoms with E-state index in [4.69, 9.17) is 5.73 Å². The van der Waals surface area contributed by atoms with E-state index in [-0.39, 0.29) is 11.2 Å². The number of carbonyl (C=O) groups is 1. The molecule has 0 spiro atoms. The van der Waals surface area contributed by atoms with Crippen LogP contribution in [0.5, 0.6) is 0 Å². The van der Waals surface area contributed by atoms with E-state index >= 15 is 0 Å². The van der Waals surface area contributed by atoms with Crippen molar-refractivity contribution in [3.63, 3.8) is 0 Å². The number of amides is 1. The Morgan fingerprint density at radius 1 is 1.19 bits per heavy atom. The molecule has 3 N–H and O–H groups in total. The number of pyridine rings is 1. The van der Waals surface area contributed by atoms with Crippen molar-refractivity contribution in [1.82, 2.24) is 15.0 Å². The predicted octanol–water partition coefficient (Wildman–Crippen LogP) is 3.55. The lowest BCUT2D eigenvalue weighted by Crippen LogP contribution is -2.36. The first kappa shape index (κ1) is 16.6. The van der Waals surface area contributed by atoms with E-state index < -0.39 is 23.1 Å². The molecule has 0 radical (unpaired) electrons. The summed E-state index contributed by atoms with van der Waals surface area (Å²) in [5.41, 5.74) is 5.93. The van der Waals surface area contributed by atoms with E-state index in [9.17, 15) is 18.0 Å². The molecule has 1 amide bonds. The van der Waals surface area contributed by atoms with Gasteiger partial charge in [0.25, 0.3) is 0 Å². The summed E-state index contributed by atoms with van der Waals surface area (Å²) in [6, 6.07) is 7.98. The quantitative estimate of drug-likeness (QED) is 0.749. The van der Waals surface area contributed by atoms with Gasteiger partial charge in [0.05, 0.1) is 16.5 Å². The van der Waals surface area contributed by atoms with Gasteiger partial charge in [-0.3, -0.25) is 4.79 Å². The number of alkyl halides is 3. The highest BCUT2D eigenvalue weighted by Gasteiger charge is 2.43. The van der Waals surface area contributed by atoms with Crippen molar-refractivity contribution in [2.75, 3.05) is 0 Å². The number of nitrogens with one attached hydrogen (secondary N) is 1. The average molecular weight is 360 g/mol. The van der Waals surface area contributed by atoms with Gasteiger partial charge in [-0.2, -0.15) is 13.2 Å². The lowest BCUT2D eigenvalue weighted by molar-refractivity contribution is -0.137. The van der Waals surface area contributed by atoms with Crippen LogP contribution in [0.4, 0.5) is 13.2 Å². The number of rotatable bonds is 3. The van der Waals surface area contributed by atoms with Crippen LogP contribution in [0.3, 0.4) is 0 Å². The molecule has 2 heterocycles. The first-order chi connectivity index (χ1) is 12.3. The third-order valence-corrected chi connectivity index (χ3v) is 5.05. The summed E-state index contributed by atoms with van der Waals surface area (Å²) in [7, 11) is 0. The lowest BCUT2D eigenvalue weighted by Gasteiger charge is -2.40. The standard InChI is InChI=1S/C18H15F3N4O/c19-18(20,21)12-8-13-15(23-9-12)25-16(24-13)17(6-1-7-17)11-4-2-10(3-5-11)14(22)26/h2-5,8-9H,1,6-7H2,(H2,22,26)(H,23,24,25). The van der Waals surface area contributed by atoms with Gasteiger partial charge in [0.2, 0.25) is 5.91 Å². The van der Waals surface area contributed by atoms with Gasteiger partial charge in [-0.05, 0) is 36.6 Å². The summed E-state index contributed by atoms with van der Waals surface area (Å²) in [4.78, 5) is 22.6. The van der Waals surface area contributed by atoms with Crippen molar-refractivity contribution in [2.24, 2.45) is 5.73 Å². The molecule has 0 saturated heterocycles. The minimum Gasteiger partial charge on any atom is -0.366 e. The number of benzene rings is 1. The van der Waals surface area contributed by atoms with Crippen LogP contribution in [0.25, 0.3) is 11.2 Å². The second kappa shape index (κ2) is 5.55. The molecule has 0 atom stereocenters. The fraction of sp³-hybridized carbons (Fsp3) is 0.278. The number of halogens is 3. The van der Waals surface area contributed by atoms with Crippen molar-refractivity contribution in [2.45, 2.75) is 30.9 Å². The van der Waals surface area contributed by atoms with Gasteiger partial charge in [0.15, 0.2) is 5.65 Å². The Kier molecular flexibility index (Phi) is 3.54. The number of fused-ring (bicyclic) bond motifs is 1. The molecule has 2 aromatic heterocycles. The van der Waals surface area contributed by atoms with Crippen LogP contribution >= 0.6 is 0 Å². The monoisotopic (exact) mass is 360 g/mol. The smallest absolute Gasteiger partial charge is 0.366 e. The van der Waals surface area contributed by atoms with Crippen LogP contribution < -0.4 is 5.73 Å². The Labute approximate surface area is 146 Å². The van der Waals surface area contributed by atoms with Gasteiger partial charge in [-0.1, -0.05) is 18.6 Å². The fourth-order valence-electron chi connectivity index (χ4n) is 3.43. The summed E-state index contributed by atoms with van der Waals surface area (Å²) < 4.78 is 38.7. The van der Waals surface area contributed by atoms with Crippen molar-refractivity contribution < 1.29 is 18.0 Å². The van der Waals surface area contributed by atoms with Gasteiger partial charge < -0.3 is 10.7 Å². The van der Waals surface area contributed by atoms with Gasteiger partial charge >= 0.3 is 6.18 Å². The molecule has 4 rings (SSSR count). The molecule has 0 aliphatic heterocycles. The van der Waals surface area contributed by atoms with Crippen molar-refractivity contribution in [3.8, 4) is 0 Å². The summed E-state index contributed by atoms with van der Waals surface area (Å²) in [5.74, 6) is 0.0872. The normalized spacial score (nSPS) is 16.4. The van der Waals surface area contributed by atoms with E-state index in [1.807, 2.05) is 12.1 Å². The molecule has 1 fully saturated rings. The second-order valence-corrected chi connectivity index (χ2v) is 6.56. The molecule has 1 aromatic carbocycles. The number of aromatic nitrogens is 3. The average Bonchev–Trinajstić information content (AvgIpc) is 2.96. The third kappa shape index (κ3) is 2.53. The maximum Gasteiger partial charge on any atom is 0.417 e. The van der Waals surface area contributed by atoms with E-state index in [0.717, 1.165) is 37.1 Å². The Morgan fingerprint density at radius 3 is 2.42 bits per heavy atom. The zero-order valence-corrected chi connectivity index (χ0v) is 13.6. The van der Waals surface area contributed by atoms with E-state index in [1.54, 1.807) is 12.1 Å². The van der Waals surface area contributed by atoms with E-state index in [0.29, 0.717) is 11.4 Å². The van der Waals surface area contributed by atoms with Gasteiger partial charge in [-0.15, -0.1) is 0 Å². The Morgan fingerprint density at radius 2 is 1.88 bits per heavy atom. The number of hydrogen-bond donors (Lipinski definition) is 2. The number of aromatic amines is 1. The zero-order valence-electron chi connectivity index (χ0n) is 13.6. The van der Waals surface area contributed by atoms with Crippen molar-refractivity contribution in [1.29, 1.82) is 0 Å². The van der Waals surface area contributed by atoms with Crippen LogP contribution in [-0.2, 0) is 11.6 Å². The van der Waals surface area contributed by atoms with Gasteiger partial charge in [0.1, 0.15) is 5.82 Å². The minimum atomic E-state index is -4.45. The van der Waals surface area contributed by atoms with E-state index in [1.165, 1.54) is 0 Å². The summed E-state index contributed by atoms with van der Waals surface area (Å²) in [5, 5.41) is 0. The number of nitrogens with two attached hydrogens (primary N) is 1. The highest BCUT2D eigenvalue weighted by atomic mass is 19.4. The molecule has 1 saturated carbocycles. The lowest BCUT2D eigenvalue weighted by atomic mass is 9.64. The Bertz CT molecular complexity index is 988. The molecule has 26 heavy (non-hydrogen) atoms. The Hall–Kier alpha value is -2.90. The number of primary amides is 1. The molecule has 1 aliphatic carbocycles. The molecule has 8 heteroatoms. The molecule has 0 unspecified atom stereocenters. The second-order valence-electron chi connectivity index (χ2n) is 6.56. The highest BCUT2D eigenvalue weighted by molar-refractivity contribution is 5.92. The topological polar surface area (TPSA) is 84.7 Å². The molecule has 3 aromatic rings. The molecule has 134 valence electrons. The summed E-state index contributed by atoms with van der Waals surface area (Å²) in [6.45, 7) is 0. The largest absolute Gasteiger partial charge is 0.417 e. The minimum absolute atomic E-state index is 0.257. The van der Waals surface area contributed by atoms with Gasteiger partial charge in [-0.25, -0.2) is 9.97 Å². The molecule has 5 nitrogen and oxygen atoms in total. The zero-order chi connectivity index (χ0) is 18.5. The van der Waals surface area contributed by atoms with Crippen molar-refractivity contribution >= 4 is 17.1 Å². The molecule has 1 aliphatic rings. The van der Waals surface area contributed by atoms with Crippen LogP contribution in [0.1, 0.15) is 46.6 Å². The predicted molar refractivity (Wildman–Crippen MR) is 88.5 cm³/mol. The number of carbonyl (C=O) groups excluding carboxylic acids is 1. The molecular weight excluding hydrogens is 345 g/mol. The highest BCUT2D eigenvalue weighted by Crippen LogP contribution is 2.48. The van der Waals surface area contributed by atoms with Crippen LogP contribution in [0, 0.1) is 0 Å². The first-order valence-corrected chi connectivity index (χ1v) is 8.13. The SMILES string of the molecule is NC(=O)c1ccc(C2(c3nc4ncc(C(F)(F)F)cc4[nH]3)CCC2)cc1. The first-order valence-electron chi connectivity index (χ1n) is 8.13. The number of imidazole rings is 1. The fourth-order valence-corrected chi connectivity index (χ4v) is 3.43. The Balaban J connectivity index is 1.77. The van der Waals surface area contributed by atoms with Crippen LogP contribution in [-0.4, -0.2) is 20.9 Å². The van der Waals surface area contributed by atoms with E-state index in [2.05, 4.69) is 15.0 Å². The van der Waals surface area contributed by atoms with Crippen molar-refractivity contribution in [3.05, 3.63) is 59.0 Å².